The molecule has 0 heterocycles. The van der Waals surface area contributed by atoms with E-state index < -0.39 is 34.6 Å². The average molecular weight is 519 g/mol. The van der Waals surface area contributed by atoms with Crippen LogP contribution in [0.2, 0.25) is 0 Å². The molecule has 1 atom stereocenters. The molecule has 2 aromatic carbocycles. The van der Waals surface area contributed by atoms with Gasteiger partial charge in [0.2, 0.25) is 0 Å². The van der Waals surface area contributed by atoms with Crippen molar-refractivity contribution in [2.75, 3.05) is 0 Å². The van der Waals surface area contributed by atoms with Crippen molar-refractivity contribution >= 4 is 10.8 Å². The molecular weight excluding hydrogens is 486 g/mol. The Labute approximate surface area is 214 Å². The second kappa shape index (κ2) is 10.8. The highest BCUT2D eigenvalue weighted by atomic mass is 19.4. The molecule has 0 saturated heterocycles. The number of benzene rings is 2. The van der Waals surface area contributed by atoms with Crippen molar-refractivity contribution in [1.29, 1.82) is 0 Å². The van der Waals surface area contributed by atoms with Gasteiger partial charge in [-0.25, -0.2) is 13.2 Å². The molecule has 3 aliphatic rings. The van der Waals surface area contributed by atoms with Gasteiger partial charge in [-0.2, -0.15) is 13.2 Å². The lowest BCUT2D eigenvalue weighted by Gasteiger charge is -2.36. The summed E-state index contributed by atoms with van der Waals surface area (Å²) < 4.78 is 81.4. The van der Waals surface area contributed by atoms with Crippen molar-refractivity contribution in [2.45, 2.75) is 89.1 Å². The van der Waals surface area contributed by atoms with E-state index in [4.69, 9.17) is 0 Å². The smallest absolute Gasteiger partial charge is 0.206 e. The van der Waals surface area contributed by atoms with Crippen LogP contribution in [0.25, 0.3) is 10.8 Å². The van der Waals surface area contributed by atoms with E-state index in [2.05, 4.69) is 6.08 Å². The quantitative estimate of drug-likeness (QED) is 0.216. The maximum Gasteiger partial charge on any atom is 0.458 e. The van der Waals surface area contributed by atoms with Gasteiger partial charge in [0.15, 0.2) is 5.82 Å². The maximum absolute atomic E-state index is 15.0. The van der Waals surface area contributed by atoms with Crippen LogP contribution in [-0.4, -0.2) is 6.18 Å². The van der Waals surface area contributed by atoms with Gasteiger partial charge in [-0.1, -0.05) is 55.7 Å². The summed E-state index contributed by atoms with van der Waals surface area (Å²) in [5.41, 5.74) is 1.20. The molecule has 198 valence electrons. The molecule has 0 amide bonds. The highest BCUT2D eigenvalue weighted by molar-refractivity contribution is 5.86. The van der Waals surface area contributed by atoms with E-state index in [0.717, 1.165) is 49.5 Å². The first kappa shape index (κ1) is 26.2. The predicted molar refractivity (Wildman–Crippen MR) is 133 cm³/mol. The van der Waals surface area contributed by atoms with Gasteiger partial charge in [-0.15, -0.1) is 0 Å². The van der Waals surface area contributed by atoms with Crippen LogP contribution < -0.4 is 0 Å². The van der Waals surface area contributed by atoms with Gasteiger partial charge >= 0.3 is 6.18 Å². The Morgan fingerprint density at radius 2 is 1.43 bits per heavy atom. The first-order valence-electron chi connectivity index (χ1n) is 13.6. The van der Waals surface area contributed by atoms with Gasteiger partial charge in [0.05, 0.1) is 10.9 Å². The lowest BCUT2D eigenvalue weighted by molar-refractivity contribution is -0.0696. The second-order valence-corrected chi connectivity index (χ2v) is 11.2. The highest BCUT2D eigenvalue weighted by Gasteiger charge is 2.30. The summed E-state index contributed by atoms with van der Waals surface area (Å²) in [6.07, 6.45) is 11.9. The fourth-order valence-corrected chi connectivity index (χ4v) is 6.99. The molecule has 2 saturated carbocycles. The van der Waals surface area contributed by atoms with Crippen LogP contribution in [0, 0.1) is 47.0 Å². The van der Waals surface area contributed by atoms with Gasteiger partial charge in [0.1, 0.15) is 11.6 Å². The summed E-state index contributed by atoms with van der Waals surface area (Å²) in [5.74, 6) is 1.20. The highest BCUT2D eigenvalue weighted by Crippen LogP contribution is 2.45. The minimum atomic E-state index is -4.90. The summed E-state index contributed by atoms with van der Waals surface area (Å²) in [5, 5.41) is -0.515. The summed E-state index contributed by atoms with van der Waals surface area (Å²) in [7, 11) is 0. The van der Waals surface area contributed by atoms with Crippen molar-refractivity contribution in [3.8, 4) is 11.8 Å². The summed E-state index contributed by atoms with van der Waals surface area (Å²) >= 11 is 0. The summed E-state index contributed by atoms with van der Waals surface area (Å²) in [6.45, 7) is 0. The Hall–Kier alpha value is -2.42. The van der Waals surface area contributed by atoms with Crippen molar-refractivity contribution < 1.29 is 26.3 Å². The number of hydrogen-bond donors (Lipinski definition) is 0. The molecule has 5 rings (SSSR count). The molecule has 0 bridgehead atoms. The van der Waals surface area contributed by atoms with Crippen LogP contribution >= 0.6 is 0 Å². The normalized spacial score (nSPS) is 25.5. The Bertz CT molecular complexity index is 1230. The molecule has 6 heteroatoms. The van der Waals surface area contributed by atoms with Gasteiger partial charge in [-0.05, 0) is 91.7 Å². The topological polar surface area (TPSA) is 0 Å². The Balaban J connectivity index is 1.27. The molecule has 2 fully saturated rings. The Morgan fingerprint density at radius 3 is 2.08 bits per heavy atom. The van der Waals surface area contributed by atoms with E-state index in [9.17, 15) is 26.3 Å². The molecular formula is C31H32F6. The van der Waals surface area contributed by atoms with Crippen LogP contribution in [0.1, 0.15) is 94.1 Å². The number of allylic oxidation sites excluding steroid dienone is 2. The molecule has 0 radical (unpaired) electrons. The first-order chi connectivity index (χ1) is 17.7. The molecule has 0 aromatic heterocycles. The fraction of sp³-hybridized carbons (Fsp3) is 0.548. The fourth-order valence-electron chi connectivity index (χ4n) is 6.99. The third kappa shape index (κ3) is 5.86. The van der Waals surface area contributed by atoms with Gasteiger partial charge in [0, 0.05) is 5.92 Å². The van der Waals surface area contributed by atoms with Crippen LogP contribution in [0.4, 0.5) is 26.3 Å². The Kier molecular flexibility index (Phi) is 7.61. The van der Waals surface area contributed by atoms with Gasteiger partial charge < -0.3 is 0 Å². The van der Waals surface area contributed by atoms with Crippen LogP contribution in [0.5, 0.6) is 0 Å². The molecule has 0 N–H and O–H groups in total. The number of fused-ring (bicyclic) bond motifs is 1. The number of halogens is 6. The van der Waals surface area contributed by atoms with E-state index in [0.29, 0.717) is 11.5 Å². The van der Waals surface area contributed by atoms with Gasteiger partial charge in [-0.3, -0.25) is 0 Å². The minimum absolute atomic E-state index is 0.00780. The molecule has 1 unspecified atom stereocenters. The first-order valence-corrected chi connectivity index (χ1v) is 13.6. The van der Waals surface area contributed by atoms with Crippen LogP contribution in [0.15, 0.2) is 29.8 Å². The van der Waals surface area contributed by atoms with Crippen LogP contribution in [0.3, 0.4) is 0 Å². The molecule has 0 spiro atoms. The lowest BCUT2D eigenvalue weighted by atomic mass is 9.69. The predicted octanol–water partition coefficient (Wildman–Crippen LogP) is 9.75. The third-order valence-electron chi connectivity index (χ3n) is 8.96. The van der Waals surface area contributed by atoms with E-state index in [-0.39, 0.29) is 11.3 Å². The molecule has 2 aromatic rings. The van der Waals surface area contributed by atoms with Crippen molar-refractivity contribution in [1.82, 2.24) is 0 Å². The standard InChI is InChI=1S/C31H32F6/c32-27-18-25-16-24(17-28(33)29(25)30(34)26(27)14-15-31(35,36)37)23-12-10-22(11-13-23)21-8-6-20(7-9-21)19-4-2-1-3-5-19/h8,16-20,22-23H,1-7,9-13H2. The monoisotopic (exact) mass is 518 g/mol. The SMILES string of the molecule is Fc1cc2cc(C3CCC(C4=CCC(C5CCCCC5)CC4)CC3)cc(F)c2c(F)c1C#CC(F)(F)F. The zero-order valence-corrected chi connectivity index (χ0v) is 20.9. The number of hydrogen-bond acceptors (Lipinski definition) is 0. The van der Waals surface area contributed by atoms with Crippen molar-refractivity contribution in [3.63, 3.8) is 0 Å². The van der Waals surface area contributed by atoms with E-state index in [1.807, 2.05) is 0 Å². The van der Waals surface area contributed by atoms with Crippen molar-refractivity contribution in [2.24, 2.45) is 17.8 Å². The molecule has 37 heavy (non-hydrogen) atoms. The average Bonchev–Trinajstić information content (AvgIpc) is 2.88. The number of alkyl halides is 3. The van der Waals surface area contributed by atoms with E-state index in [1.165, 1.54) is 63.4 Å². The molecule has 0 nitrogen and oxygen atoms in total. The van der Waals surface area contributed by atoms with E-state index >= 15 is 0 Å². The van der Waals surface area contributed by atoms with Crippen molar-refractivity contribution in [3.05, 3.63) is 58.4 Å². The lowest BCUT2D eigenvalue weighted by Crippen LogP contribution is -2.22. The van der Waals surface area contributed by atoms with Gasteiger partial charge in [0.25, 0.3) is 0 Å². The molecule has 3 aliphatic carbocycles. The van der Waals surface area contributed by atoms with E-state index in [1.54, 1.807) is 11.6 Å². The molecule has 0 aliphatic heterocycles. The summed E-state index contributed by atoms with van der Waals surface area (Å²) in [4.78, 5) is 0. The summed E-state index contributed by atoms with van der Waals surface area (Å²) in [6, 6.07) is 3.71. The zero-order chi connectivity index (χ0) is 26.2. The zero-order valence-electron chi connectivity index (χ0n) is 20.9. The third-order valence-corrected chi connectivity index (χ3v) is 8.96. The van der Waals surface area contributed by atoms with Crippen LogP contribution in [-0.2, 0) is 0 Å². The number of rotatable bonds is 3. The minimum Gasteiger partial charge on any atom is -0.206 e. The largest absolute Gasteiger partial charge is 0.458 e. The Morgan fingerprint density at radius 1 is 0.730 bits per heavy atom. The second-order valence-electron chi connectivity index (χ2n) is 11.2. The maximum atomic E-state index is 15.0.